The van der Waals surface area contributed by atoms with Crippen molar-refractivity contribution in [3.05, 3.63) is 69.8 Å². The van der Waals surface area contributed by atoms with Crippen molar-refractivity contribution in [1.82, 2.24) is 15.1 Å². The second-order valence-corrected chi connectivity index (χ2v) is 7.77. The number of aromatic nitrogens is 2. The van der Waals surface area contributed by atoms with Gasteiger partial charge in [-0.15, -0.1) is 0 Å². The molecule has 7 heteroatoms. The third-order valence-corrected chi connectivity index (χ3v) is 5.69. The lowest BCUT2D eigenvalue weighted by atomic mass is 9.95. The van der Waals surface area contributed by atoms with Gasteiger partial charge in [-0.3, -0.25) is 9.89 Å². The Morgan fingerprint density at radius 2 is 1.90 bits per heavy atom. The van der Waals surface area contributed by atoms with Crippen molar-refractivity contribution in [2.75, 3.05) is 27.4 Å². The van der Waals surface area contributed by atoms with E-state index in [-0.39, 0.29) is 11.9 Å². The molecule has 1 N–H and O–H groups in total. The first kappa shape index (κ1) is 19.7. The summed E-state index contributed by atoms with van der Waals surface area (Å²) in [6.07, 6.45) is 0.749. The lowest BCUT2D eigenvalue weighted by Gasteiger charge is -2.27. The highest BCUT2D eigenvalue weighted by Crippen LogP contribution is 2.45. The van der Waals surface area contributed by atoms with E-state index in [1.807, 2.05) is 53.4 Å². The third-order valence-electron chi connectivity index (χ3n) is 5.16. The van der Waals surface area contributed by atoms with Gasteiger partial charge < -0.3 is 14.4 Å². The van der Waals surface area contributed by atoms with Crippen LogP contribution in [0.2, 0.25) is 0 Å². The van der Waals surface area contributed by atoms with Crippen molar-refractivity contribution in [3.8, 4) is 17.0 Å². The number of nitrogens with zero attached hydrogens (tertiary/aromatic N) is 2. The topological polar surface area (TPSA) is 67.5 Å². The number of aromatic amines is 1. The van der Waals surface area contributed by atoms with Gasteiger partial charge in [0.1, 0.15) is 11.4 Å². The zero-order chi connectivity index (χ0) is 20.4. The molecule has 6 nitrogen and oxygen atoms in total. The van der Waals surface area contributed by atoms with Crippen molar-refractivity contribution in [2.45, 2.75) is 12.5 Å². The van der Waals surface area contributed by atoms with Crippen LogP contribution in [0.4, 0.5) is 0 Å². The number of rotatable bonds is 7. The minimum absolute atomic E-state index is 0.0529. The Balaban J connectivity index is 1.85. The monoisotopic (exact) mass is 455 g/mol. The summed E-state index contributed by atoms with van der Waals surface area (Å²) in [5.74, 6) is 0.695. The van der Waals surface area contributed by atoms with Crippen molar-refractivity contribution in [3.63, 3.8) is 0 Å². The fourth-order valence-corrected chi connectivity index (χ4v) is 4.11. The van der Waals surface area contributed by atoms with E-state index in [4.69, 9.17) is 9.47 Å². The molecule has 0 saturated heterocycles. The Morgan fingerprint density at radius 3 is 2.62 bits per heavy atom. The molecule has 1 atom stereocenters. The SMILES string of the molecule is COCCCN1C(=O)c2[nH]nc(-c3ccc(Br)cc3)c2C1c1ccccc1OC. The summed E-state index contributed by atoms with van der Waals surface area (Å²) < 4.78 is 11.8. The van der Waals surface area contributed by atoms with Gasteiger partial charge in [0.2, 0.25) is 0 Å². The van der Waals surface area contributed by atoms with E-state index >= 15 is 0 Å². The van der Waals surface area contributed by atoms with Crippen molar-refractivity contribution in [2.24, 2.45) is 0 Å². The van der Waals surface area contributed by atoms with Gasteiger partial charge >= 0.3 is 0 Å². The van der Waals surface area contributed by atoms with E-state index in [0.29, 0.717) is 18.8 Å². The van der Waals surface area contributed by atoms with Crippen LogP contribution in [0, 0.1) is 0 Å². The highest BCUT2D eigenvalue weighted by molar-refractivity contribution is 9.10. The molecule has 1 aromatic heterocycles. The van der Waals surface area contributed by atoms with E-state index < -0.39 is 0 Å². The second kappa shape index (κ2) is 8.39. The molecule has 150 valence electrons. The number of amides is 1. The number of para-hydroxylation sites is 1. The zero-order valence-corrected chi connectivity index (χ0v) is 17.9. The molecular weight excluding hydrogens is 434 g/mol. The molecule has 0 saturated carbocycles. The number of nitrogens with one attached hydrogen (secondary N) is 1. The maximum absolute atomic E-state index is 13.2. The van der Waals surface area contributed by atoms with Crippen LogP contribution < -0.4 is 4.74 Å². The van der Waals surface area contributed by atoms with Gasteiger partial charge in [0, 0.05) is 41.4 Å². The van der Waals surface area contributed by atoms with Crippen LogP contribution in [0.15, 0.2) is 53.0 Å². The Hall–Kier alpha value is -2.64. The van der Waals surface area contributed by atoms with Crippen LogP contribution in [0.1, 0.15) is 34.1 Å². The number of benzene rings is 2. The molecule has 1 unspecified atom stereocenters. The lowest BCUT2D eigenvalue weighted by Crippen LogP contribution is -2.31. The number of carbonyl (C=O) groups is 1. The Labute approximate surface area is 178 Å². The van der Waals surface area contributed by atoms with Crippen LogP contribution in [-0.4, -0.2) is 48.4 Å². The fraction of sp³-hybridized carbons (Fsp3) is 0.273. The van der Waals surface area contributed by atoms with Gasteiger partial charge in [0.15, 0.2) is 0 Å². The first-order valence-electron chi connectivity index (χ1n) is 9.42. The summed E-state index contributed by atoms with van der Waals surface area (Å²) in [6, 6.07) is 15.5. The smallest absolute Gasteiger partial charge is 0.273 e. The molecule has 29 heavy (non-hydrogen) atoms. The van der Waals surface area contributed by atoms with Crippen LogP contribution in [0.3, 0.4) is 0 Å². The Morgan fingerprint density at radius 1 is 1.14 bits per heavy atom. The van der Waals surface area contributed by atoms with Crippen LogP contribution in [-0.2, 0) is 4.74 Å². The van der Waals surface area contributed by atoms with Gasteiger partial charge in [0.05, 0.1) is 18.8 Å². The molecule has 2 aromatic carbocycles. The summed E-state index contributed by atoms with van der Waals surface area (Å²) in [4.78, 5) is 15.1. The summed E-state index contributed by atoms with van der Waals surface area (Å²) in [6.45, 7) is 1.17. The molecule has 4 rings (SSSR count). The average molecular weight is 456 g/mol. The number of methoxy groups -OCH3 is 2. The molecule has 1 amide bonds. The summed E-state index contributed by atoms with van der Waals surface area (Å²) >= 11 is 3.47. The second-order valence-electron chi connectivity index (χ2n) is 6.86. The van der Waals surface area contributed by atoms with Crippen molar-refractivity contribution >= 4 is 21.8 Å². The van der Waals surface area contributed by atoms with Crippen molar-refractivity contribution < 1.29 is 14.3 Å². The molecule has 0 fully saturated rings. The van der Waals surface area contributed by atoms with Gasteiger partial charge in [0.25, 0.3) is 5.91 Å². The predicted octanol–water partition coefficient (Wildman–Crippen LogP) is 4.43. The van der Waals surface area contributed by atoms with Gasteiger partial charge in [-0.2, -0.15) is 5.10 Å². The number of hydrogen-bond acceptors (Lipinski definition) is 4. The van der Waals surface area contributed by atoms with Crippen molar-refractivity contribution in [1.29, 1.82) is 0 Å². The molecule has 0 aliphatic carbocycles. The van der Waals surface area contributed by atoms with E-state index in [9.17, 15) is 4.79 Å². The Kier molecular flexibility index (Phi) is 5.69. The molecule has 2 heterocycles. The molecule has 0 radical (unpaired) electrons. The van der Waals surface area contributed by atoms with E-state index in [2.05, 4.69) is 26.1 Å². The minimum Gasteiger partial charge on any atom is -0.496 e. The normalized spacial score (nSPS) is 15.6. The van der Waals surface area contributed by atoms with E-state index in [0.717, 1.165) is 39.0 Å². The Bertz CT molecular complexity index is 1020. The first-order valence-corrected chi connectivity index (χ1v) is 10.2. The quantitative estimate of drug-likeness (QED) is 0.535. The van der Waals surface area contributed by atoms with Crippen LogP contribution in [0.25, 0.3) is 11.3 Å². The third kappa shape index (κ3) is 3.56. The fourth-order valence-electron chi connectivity index (χ4n) is 3.85. The van der Waals surface area contributed by atoms with E-state index in [1.165, 1.54) is 0 Å². The highest BCUT2D eigenvalue weighted by Gasteiger charge is 2.42. The number of ether oxygens (including phenoxy) is 2. The highest BCUT2D eigenvalue weighted by atomic mass is 79.9. The molecule has 1 aliphatic heterocycles. The summed E-state index contributed by atoms with van der Waals surface area (Å²) in [5.41, 5.74) is 4.11. The minimum atomic E-state index is -0.275. The molecule has 0 bridgehead atoms. The van der Waals surface area contributed by atoms with Gasteiger partial charge in [-0.05, 0) is 24.6 Å². The summed E-state index contributed by atoms with van der Waals surface area (Å²) in [7, 11) is 3.32. The summed E-state index contributed by atoms with van der Waals surface area (Å²) in [5, 5.41) is 7.48. The molecule has 1 aliphatic rings. The zero-order valence-electron chi connectivity index (χ0n) is 16.3. The molecule has 0 spiro atoms. The number of halogens is 1. The number of fused-ring (bicyclic) bond motifs is 1. The average Bonchev–Trinajstić information content (AvgIpc) is 3.28. The largest absolute Gasteiger partial charge is 0.496 e. The maximum atomic E-state index is 13.2. The maximum Gasteiger partial charge on any atom is 0.273 e. The molecule has 3 aromatic rings. The van der Waals surface area contributed by atoms with E-state index in [1.54, 1.807) is 14.2 Å². The predicted molar refractivity (Wildman–Crippen MR) is 114 cm³/mol. The van der Waals surface area contributed by atoms with Gasteiger partial charge in [-0.25, -0.2) is 0 Å². The number of carbonyl (C=O) groups excluding carboxylic acids is 1. The standard InChI is InChI=1S/C22H22BrN3O3/c1-28-13-5-12-26-21(16-6-3-4-7-17(16)29-2)18-19(24-25-20(18)22(26)27)14-8-10-15(23)11-9-14/h3-4,6-11,21H,5,12-13H2,1-2H3,(H,24,25). The van der Waals surface area contributed by atoms with Gasteiger partial charge in [-0.1, -0.05) is 46.3 Å². The van der Waals surface area contributed by atoms with Crippen LogP contribution >= 0.6 is 15.9 Å². The lowest BCUT2D eigenvalue weighted by molar-refractivity contribution is 0.0722. The number of hydrogen-bond donors (Lipinski definition) is 1. The number of H-pyrrole nitrogens is 1. The first-order chi connectivity index (χ1) is 14.2. The molecular formula is C22H22BrN3O3. The van der Waals surface area contributed by atoms with Crippen LogP contribution in [0.5, 0.6) is 5.75 Å².